The molecule has 0 amide bonds. The summed E-state index contributed by atoms with van der Waals surface area (Å²) in [6, 6.07) is 3.41. The lowest BCUT2D eigenvalue weighted by atomic mass is 10.3. The Balaban J connectivity index is 2.23. The molecule has 0 unspecified atom stereocenters. The SMILES string of the molecule is [2H]c1c([2H])c([2H])c(S[N]c2ccc([N+](=O)[O-])cc2)c([2H])c1[2H]. The molecule has 0 atom stereocenters. The second-order valence-electron chi connectivity index (χ2n) is 2.91. The Labute approximate surface area is 110 Å². The molecule has 0 bridgehead atoms. The Morgan fingerprint density at radius 3 is 2.41 bits per heavy atom. The average Bonchev–Trinajstić information content (AvgIpc) is 2.51. The van der Waals surface area contributed by atoms with Crippen LogP contribution in [0, 0.1) is 10.1 Å². The Kier molecular flexibility index (Phi) is 2.10. The Morgan fingerprint density at radius 1 is 1.18 bits per heavy atom. The monoisotopic (exact) mass is 250 g/mol. The van der Waals surface area contributed by atoms with Gasteiger partial charge in [0.15, 0.2) is 0 Å². The van der Waals surface area contributed by atoms with E-state index in [1.807, 2.05) is 0 Å². The van der Waals surface area contributed by atoms with Crippen LogP contribution in [0.25, 0.3) is 0 Å². The molecule has 0 spiro atoms. The highest BCUT2D eigenvalue weighted by Gasteiger charge is 2.04. The maximum atomic E-state index is 10.5. The van der Waals surface area contributed by atoms with E-state index in [1.54, 1.807) is 0 Å². The summed E-state index contributed by atoms with van der Waals surface area (Å²) in [5, 5.41) is 10.5. The van der Waals surface area contributed by atoms with Gasteiger partial charge in [0.05, 0.1) is 17.5 Å². The average molecular weight is 250 g/mol. The van der Waals surface area contributed by atoms with Crippen molar-refractivity contribution in [2.24, 2.45) is 0 Å². The maximum absolute atomic E-state index is 10.5. The van der Waals surface area contributed by atoms with Gasteiger partial charge in [-0.1, -0.05) is 18.1 Å². The third-order valence-electron chi connectivity index (χ3n) is 1.78. The van der Waals surface area contributed by atoms with Gasteiger partial charge in [0.25, 0.3) is 5.69 Å². The molecule has 0 heterocycles. The molecule has 2 aromatic carbocycles. The number of nitro benzene ring substituents is 1. The van der Waals surface area contributed by atoms with Crippen molar-refractivity contribution in [3.05, 3.63) is 64.6 Å². The molecular formula is C12H9N2O2S. The zero-order valence-electron chi connectivity index (χ0n) is 13.4. The van der Waals surface area contributed by atoms with E-state index in [4.69, 9.17) is 6.85 Å². The number of nitro groups is 1. The van der Waals surface area contributed by atoms with E-state index < -0.39 is 23.1 Å². The quantitative estimate of drug-likeness (QED) is 0.473. The maximum Gasteiger partial charge on any atom is 0.269 e. The van der Waals surface area contributed by atoms with Crippen molar-refractivity contribution in [1.82, 2.24) is 4.72 Å². The first-order valence-electron chi connectivity index (χ1n) is 7.02. The van der Waals surface area contributed by atoms with Crippen LogP contribution in [0.5, 0.6) is 0 Å². The predicted octanol–water partition coefficient (Wildman–Crippen LogP) is 3.54. The van der Waals surface area contributed by atoms with E-state index in [0.717, 1.165) is 11.9 Å². The Hall–Kier alpha value is -2.01. The summed E-state index contributed by atoms with van der Waals surface area (Å²) < 4.78 is 42.1. The van der Waals surface area contributed by atoms with Crippen LogP contribution in [0.3, 0.4) is 0 Å². The molecule has 2 rings (SSSR count). The summed E-state index contributed by atoms with van der Waals surface area (Å²) in [4.78, 5) is 10.0. The van der Waals surface area contributed by atoms with Crippen LogP contribution in [0.2, 0.25) is 0 Å². The second-order valence-corrected chi connectivity index (χ2v) is 3.68. The van der Waals surface area contributed by atoms with Crippen LogP contribution < -0.4 is 4.72 Å². The highest BCUT2D eigenvalue weighted by molar-refractivity contribution is 7.97. The summed E-state index contributed by atoms with van der Waals surface area (Å²) in [5.74, 6) is 0. The first kappa shape index (κ1) is 6.66. The topological polar surface area (TPSA) is 57.2 Å². The van der Waals surface area contributed by atoms with E-state index in [2.05, 4.69) is 4.72 Å². The molecule has 0 saturated heterocycles. The number of hydrogen-bond acceptors (Lipinski definition) is 3. The number of rotatable bonds is 4. The fourth-order valence-corrected chi connectivity index (χ4v) is 1.53. The molecule has 0 aromatic heterocycles. The van der Waals surface area contributed by atoms with Crippen LogP contribution in [0.4, 0.5) is 11.4 Å². The molecule has 17 heavy (non-hydrogen) atoms. The molecule has 0 N–H and O–H groups in total. The molecule has 0 saturated carbocycles. The molecule has 0 aliphatic heterocycles. The van der Waals surface area contributed by atoms with Crippen molar-refractivity contribution in [1.29, 1.82) is 0 Å². The second kappa shape index (κ2) is 5.36. The lowest BCUT2D eigenvalue weighted by molar-refractivity contribution is -0.384. The van der Waals surface area contributed by atoms with Gasteiger partial charge in [-0.25, -0.2) is 4.72 Å². The van der Waals surface area contributed by atoms with E-state index in [-0.39, 0.29) is 22.7 Å². The van der Waals surface area contributed by atoms with Crippen LogP contribution in [0.1, 0.15) is 6.85 Å². The van der Waals surface area contributed by atoms with Gasteiger partial charge in [-0.2, -0.15) is 0 Å². The minimum Gasteiger partial charge on any atom is -0.258 e. The minimum absolute atomic E-state index is 0.00403. The molecule has 0 aliphatic rings. The van der Waals surface area contributed by atoms with Crippen LogP contribution in [-0.4, -0.2) is 4.92 Å². The van der Waals surface area contributed by atoms with Gasteiger partial charge in [-0.3, -0.25) is 10.1 Å². The summed E-state index contributed by atoms with van der Waals surface area (Å²) in [7, 11) is 0. The summed E-state index contributed by atoms with van der Waals surface area (Å²) >= 11 is 0.735. The molecule has 0 fully saturated rings. The third kappa shape index (κ3) is 3.22. The largest absolute Gasteiger partial charge is 0.269 e. The van der Waals surface area contributed by atoms with Gasteiger partial charge in [-0.15, -0.1) is 0 Å². The van der Waals surface area contributed by atoms with Gasteiger partial charge in [0, 0.05) is 29.0 Å². The van der Waals surface area contributed by atoms with Gasteiger partial charge in [0.1, 0.15) is 0 Å². The lowest BCUT2D eigenvalue weighted by Gasteiger charge is -2.01. The van der Waals surface area contributed by atoms with Crippen molar-refractivity contribution < 1.29 is 11.8 Å². The van der Waals surface area contributed by atoms with E-state index in [0.29, 0.717) is 5.69 Å². The molecule has 1 radical (unpaired) electrons. The summed E-state index contributed by atoms with van der Waals surface area (Å²) in [6.45, 7) is 0. The fraction of sp³-hybridized carbons (Fsp3) is 0. The van der Waals surface area contributed by atoms with Crippen LogP contribution >= 0.6 is 11.9 Å². The molecular weight excluding hydrogens is 236 g/mol. The van der Waals surface area contributed by atoms with Crippen molar-refractivity contribution in [2.75, 3.05) is 0 Å². The standard InChI is InChI=1S/C12H9N2O2S/c15-14(16)11-8-6-10(7-9-11)13-17-12-4-2-1-3-5-12/h1-9H/i1D,2D,3D,4D,5D. The zero-order chi connectivity index (χ0) is 16.4. The van der Waals surface area contributed by atoms with Gasteiger partial charge >= 0.3 is 0 Å². The van der Waals surface area contributed by atoms with E-state index in [1.165, 1.54) is 24.3 Å². The Bertz CT molecular complexity index is 710. The Morgan fingerprint density at radius 2 is 1.82 bits per heavy atom. The van der Waals surface area contributed by atoms with Crippen molar-refractivity contribution in [3.8, 4) is 0 Å². The summed E-state index contributed by atoms with van der Waals surface area (Å²) in [6.07, 6.45) is 0. The highest BCUT2D eigenvalue weighted by Crippen LogP contribution is 2.22. The van der Waals surface area contributed by atoms with E-state index in [9.17, 15) is 10.1 Å². The van der Waals surface area contributed by atoms with Crippen LogP contribution in [0.15, 0.2) is 59.4 Å². The molecule has 2 aromatic rings. The smallest absolute Gasteiger partial charge is 0.258 e. The molecule has 5 heteroatoms. The number of hydrogen-bond donors (Lipinski definition) is 0. The first-order valence-corrected chi connectivity index (χ1v) is 5.29. The number of benzene rings is 2. The summed E-state index contributed by atoms with van der Waals surface area (Å²) in [5.41, 5.74) is 0.314. The first-order chi connectivity index (χ1) is 10.3. The normalized spacial score (nSPS) is 14.0. The molecule has 85 valence electrons. The van der Waals surface area contributed by atoms with E-state index >= 15 is 0 Å². The predicted molar refractivity (Wildman–Crippen MR) is 67.2 cm³/mol. The zero-order valence-corrected chi connectivity index (χ0v) is 9.25. The number of nitrogens with zero attached hydrogens (tertiary/aromatic N) is 2. The lowest BCUT2D eigenvalue weighted by Crippen LogP contribution is -1.89. The van der Waals surface area contributed by atoms with Crippen molar-refractivity contribution in [3.63, 3.8) is 0 Å². The van der Waals surface area contributed by atoms with Crippen LogP contribution in [-0.2, 0) is 0 Å². The third-order valence-corrected chi connectivity index (χ3v) is 2.47. The van der Waals surface area contributed by atoms with Gasteiger partial charge in [-0.05, 0) is 24.2 Å². The molecule has 0 aliphatic carbocycles. The van der Waals surface area contributed by atoms with Gasteiger partial charge in [0.2, 0.25) is 0 Å². The minimum atomic E-state index is -0.535. The van der Waals surface area contributed by atoms with Crippen molar-refractivity contribution in [2.45, 2.75) is 4.90 Å². The fourth-order valence-electron chi connectivity index (χ4n) is 1.02. The number of non-ortho nitro benzene ring substituents is 1. The highest BCUT2D eigenvalue weighted by atomic mass is 32.2. The van der Waals surface area contributed by atoms with Crippen molar-refractivity contribution >= 4 is 23.3 Å². The molecule has 4 nitrogen and oxygen atoms in total. The van der Waals surface area contributed by atoms with Gasteiger partial charge < -0.3 is 0 Å².